The molecule has 26 heavy (non-hydrogen) atoms. The van der Waals surface area contributed by atoms with Crippen LogP contribution in [0.15, 0.2) is 24.3 Å². The molecule has 1 aromatic carbocycles. The number of hydrogen-bond donors (Lipinski definition) is 2. The number of hydrogen-bond acceptors (Lipinski definition) is 5. The molecule has 138 valence electrons. The van der Waals surface area contributed by atoms with E-state index in [0.29, 0.717) is 0 Å². The van der Waals surface area contributed by atoms with Crippen molar-refractivity contribution in [3.8, 4) is 0 Å². The summed E-state index contributed by atoms with van der Waals surface area (Å²) in [6.07, 6.45) is 6.36. The van der Waals surface area contributed by atoms with Gasteiger partial charge in [-0.25, -0.2) is 9.78 Å². The first-order valence-electron chi connectivity index (χ1n) is 9.39. The Bertz CT molecular complexity index is 767. The minimum atomic E-state index is -0.363. The number of likely N-dealkylation sites (tertiary alicyclic amines) is 1. The van der Waals surface area contributed by atoms with Crippen molar-refractivity contribution in [1.29, 1.82) is 0 Å². The van der Waals surface area contributed by atoms with Crippen LogP contribution in [0.1, 0.15) is 49.6 Å². The van der Waals surface area contributed by atoms with Gasteiger partial charge in [0.2, 0.25) is 5.91 Å². The standard InChI is InChI=1S/C19H24N4O2S/c24-17(22-19(25)20-13-6-1-2-7-13)12-23-11-5-9-15(23)18-21-14-8-3-4-10-16(14)26-18/h3-4,8,10,13,15H,1-2,5-7,9,11-12H2,(H2,20,22,24,25)/t15-/m1/s1. The Morgan fingerprint density at radius 3 is 2.77 bits per heavy atom. The Labute approximate surface area is 157 Å². The van der Waals surface area contributed by atoms with Gasteiger partial charge in [-0.3, -0.25) is 15.0 Å². The Morgan fingerprint density at radius 1 is 1.15 bits per heavy atom. The lowest BCUT2D eigenvalue weighted by atomic mass is 10.2. The fourth-order valence-electron chi connectivity index (χ4n) is 3.97. The second-order valence-corrected chi connectivity index (χ2v) is 8.21. The monoisotopic (exact) mass is 372 g/mol. The zero-order valence-corrected chi connectivity index (χ0v) is 15.6. The summed E-state index contributed by atoms with van der Waals surface area (Å²) in [5.74, 6) is -0.242. The van der Waals surface area contributed by atoms with E-state index in [0.717, 1.165) is 55.6 Å². The number of amides is 3. The maximum atomic E-state index is 12.3. The number of para-hydroxylation sites is 1. The molecule has 1 atom stereocenters. The van der Waals surface area contributed by atoms with Gasteiger partial charge in [-0.2, -0.15) is 0 Å². The summed E-state index contributed by atoms with van der Waals surface area (Å²) in [7, 11) is 0. The molecule has 2 N–H and O–H groups in total. The van der Waals surface area contributed by atoms with Gasteiger partial charge in [0, 0.05) is 6.04 Å². The first-order chi connectivity index (χ1) is 12.7. The molecule has 4 rings (SSSR count). The van der Waals surface area contributed by atoms with Crippen LogP contribution in [-0.4, -0.2) is 41.0 Å². The van der Waals surface area contributed by atoms with Crippen LogP contribution in [0.2, 0.25) is 0 Å². The Kier molecular flexibility index (Phi) is 5.17. The van der Waals surface area contributed by atoms with E-state index in [2.05, 4.69) is 21.6 Å². The highest BCUT2D eigenvalue weighted by Gasteiger charge is 2.30. The maximum absolute atomic E-state index is 12.3. The molecule has 7 heteroatoms. The molecule has 2 heterocycles. The molecule has 1 saturated carbocycles. The maximum Gasteiger partial charge on any atom is 0.321 e. The summed E-state index contributed by atoms with van der Waals surface area (Å²) >= 11 is 1.70. The Balaban J connectivity index is 1.35. The number of carbonyl (C=O) groups excluding carboxylic acids is 2. The van der Waals surface area contributed by atoms with Gasteiger partial charge in [0.15, 0.2) is 0 Å². The number of urea groups is 1. The van der Waals surface area contributed by atoms with Crippen LogP contribution >= 0.6 is 11.3 Å². The van der Waals surface area contributed by atoms with Crippen LogP contribution in [0.4, 0.5) is 4.79 Å². The van der Waals surface area contributed by atoms with E-state index < -0.39 is 0 Å². The number of benzene rings is 1. The van der Waals surface area contributed by atoms with Crippen molar-refractivity contribution in [2.24, 2.45) is 0 Å². The molecule has 2 fully saturated rings. The van der Waals surface area contributed by atoms with Crippen molar-refractivity contribution < 1.29 is 9.59 Å². The molecular formula is C19H24N4O2S. The fourth-order valence-corrected chi connectivity index (χ4v) is 5.11. The number of carbonyl (C=O) groups is 2. The van der Waals surface area contributed by atoms with E-state index in [4.69, 9.17) is 4.98 Å². The van der Waals surface area contributed by atoms with Crippen LogP contribution in [0.5, 0.6) is 0 Å². The highest BCUT2D eigenvalue weighted by molar-refractivity contribution is 7.18. The Morgan fingerprint density at radius 2 is 1.96 bits per heavy atom. The lowest BCUT2D eigenvalue weighted by Gasteiger charge is -2.22. The number of nitrogens with one attached hydrogen (secondary N) is 2. The van der Waals surface area contributed by atoms with Crippen molar-refractivity contribution in [2.45, 2.75) is 50.6 Å². The molecule has 1 aliphatic carbocycles. The van der Waals surface area contributed by atoms with Crippen LogP contribution in [0.25, 0.3) is 10.2 Å². The number of aromatic nitrogens is 1. The summed E-state index contributed by atoms with van der Waals surface area (Å²) in [6, 6.07) is 8.13. The highest BCUT2D eigenvalue weighted by atomic mass is 32.1. The molecular weight excluding hydrogens is 348 g/mol. The van der Waals surface area contributed by atoms with Crippen LogP contribution in [0.3, 0.4) is 0 Å². The zero-order chi connectivity index (χ0) is 17.9. The average Bonchev–Trinajstić information content (AvgIpc) is 3.33. The van der Waals surface area contributed by atoms with Gasteiger partial charge in [-0.1, -0.05) is 25.0 Å². The molecule has 3 amide bonds. The predicted octanol–water partition coefficient (Wildman–Crippen LogP) is 3.20. The molecule has 0 radical (unpaired) electrons. The van der Waals surface area contributed by atoms with Crippen molar-refractivity contribution >= 4 is 33.5 Å². The molecule has 0 spiro atoms. The lowest BCUT2D eigenvalue weighted by Crippen LogP contribution is -2.46. The minimum Gasteiger partial charge on any atom is -0.335 e. The normalized spacial score (nSPS) is 21.3. The van der Waals surface area contributed by atoms with Crippen LogP contribution < -0.4 is 10.6 Å². The van der Waals surface area contributed by atoms with Crippen molar-refractivity contribution in [1.82, 2.24) is 20.5 Å². The van der Waals surface area contributed by atoms with E-state index in [9.17, 15) is 9.59 Å². The quantitative estimate of drug-likeness (QED) is 0.864. The molecule has 6 nitrogen and oxygen atoms in total. The summed E-state index contributed by atoms with van der Waals surface area (Å²) in [4.78, 5) is 31.2. The van der Waals surface area contributed by atoms with Gasteiger partial charge in [0.05, 0.1) is 22.8 Å². The smallest absolute Gasteiger partial charge is 0.321 e. The molecule has 0 bridgehead atoms. The second kappa shape index (κ2) is 7.72. The first-order valence-corrected chi connectivity index (χ1v) is 10.2. The van der Waals surface area contributed by atoms with Gasteiger partial charge in [-0.05, 0) is 44.4 Å². The van der Waals surface area contributed by atoms with Gasteiger partial charge >= 0.3 is 6.03 Å². The van der Waals surface area contributed by atoms with E-state index >= 15 is 0 Å². The number of thiazole rings is 1. The average molecular weight is 372 g/mol. The third kappa shape index (κ3) is 3.88. The van der Waals surface area contributed by atoms with Gasteiger partial charge in [0.1, 0.15) is 5.01 Å². The second-order valence-electron chi connectivity index (χ2n) is 7.15. The summed E-state index contributed by atoms with van der Waals surface area (Å²) in [5.41, 5.74) is 1.01. The molecule has 1 aliphatic heterocycles. The number of imide groups is 1. The largest absolute Gasteiger partial charge is 0.335 e. The number of nitrogens with zero attached hydrogens (tertiary/aromatic N) is 2. The zero-order valence-electron chi connectivity index (χ0n) is 14.7. The third-order valence-electron chi connectivity index (χ3n) is 5.25. The van der Waals surface area contributed by atoms with Crippen LogP contribution in [0, 0.1) is 0 Å². The van der Waals surface area contributed by atoms with Crippen molar-refractivity contribution in [3.63, 3.8) is 0 Å². The van der Waals surface area contributed by atoms with E-state index in [1.807, 2.05) is 18.2 Å². The summed E-state index contributed by atoms with van der Waals surface area (Å²) in [6.45, 7) is 1.09. The summed E-state index contributed by atoms with van der Waals surface area (Å²) in [5, 5.41) is 6.44. The van der Waals surface area contributed by atoms with Crippen molar-refractivity contribution in [3.05, 3.63) is 29.3 Å². The van der Waals surface area contributed by atoms with Gasteiger partial charge < -0.3 is 5.32 Å². The molecule has 0 unspecified atom stereocenters. The predicted molar refractivity (Wildman–Crippen MR) is 102 cm³/mol. The fraction of sp³-hybridized carbons (Fsp3) is 0.526. The summed E-state index contributed by atoms with van der Waals surface area (Å²) < 4.78 is 1.18. The number of fused-ring (bicyclic) bond motifs is 1. The molecule has 1 aromatic heterocycles. The highest BCUT2D eigenvalue weighted by Crippen LogP contribution is 2.36. The lowest BCUT2D eigenvalue weighted by molar-refractivity contribution is -0.121. The molecule has 2 aromatic rings. The SMILES string of the molecule is O=C(CN1CCC[C@@H]1c1nc2ccccc2s1)NC(=O)NC1CCCC1. The number of rotatable bonds is 4. The van der Waals surface area contributed by atoms with E-state index in [-0.39, 0.29) is 30.6 Å². The van der Waals surface area contributed by atoms with Crippen molar-refractivity contribution in [2.75, 3.05) is 13.1 Å². The topological polar surface area (TPSA) is 74.3 Å². The van der Waals surface area contributed by atoms with E-state index in [1.165, 1.54) is 4.70 Å². The van der Waals surface area contributed by atoms with Crippen LogP contribution in [-0.2, 0) is 4.79 Å². The molecule has 2 aliphatic rings. The minimum absolute atomic E-state index is 0.163. The van der Waals surface area contributed by atoms with E-state index in [1.54, 1.807) is 11.3 Å². The van der Waals surface area contributed by atoms with Gasteiger partial charge in [0.25, 0.3) is 0 Å². The Hall–Kier alpha value is -1.99. The first kappa shape index (κ1) is 17.4. The third-order valence-corrected chi connectivity index (χ3v) is 6.39. The molecule has 1 saturated heterocycles. The van der Waals surface area contributed by atoms with Gasteiger partial charge in [-0.15, -0.1) is 11.3 Å².